The van der Waals surface area contributed by atoms with Crippen LogP contribution in [0.25, 0.3) is 0 Å². The molecule has 2 aliphatic rings. The third kappa shape index (κ3) is 5.15. The number of hydrogen-bond donors (Lipinski definition) is 2. The molecule has 8 heteroatoms. The molecule has 8 nitrogen and oxygen atoms in total. The first-order valence-corrected chi connectivity index (χ1v) is 9.59. The highest BCUT2D eigenvalue weighted by atomic mass is 16.3. The number of anilines is 1. The Hall–Kier alpha value is -2.22. The van der Waals surface area contributed by atoms with Crippen LogP contribution in [0.3, 0.4) is 0 Å². The van der Waals surface area contributed by atoms with E-state index in [0.717, 1.165) is 25.7 Å². The van der Waals surface area contributed by atoms with Crippen molar-refractivity contribution in [3.63, 3.8) is 0 Å². The molecule has 1 unspecified atom stereocenters. The maximum absolute atomic E-state index is 12.9. The molecular formula is C19H28N4O4. The van der Waals surface area contributed by atoms with Gasteiger partial charge < -0.3 is 15.3 Å². The van der Waals surface area contributed by atoms with Gasteiger partial charge in [0.2, 0.25) is 11.8 Å². The van der Waals surface area contributed by atoms with Gasteiger partial charge in [-0.3, -0.25) is 19.1 Å². The van der Waals surface area contributed by atoms with E-state index in [2.05, 4.69) is 10.4 Å². The fourth-order valence-corrected chi connectivity index (χ4v) is 3.95. The molecule has 0 radical (unpaired) electrons. The zero-order chi connectivity index (χ0) is 19.6. The number of likely N-dealkylation sites (tertiary alicyclic amines) is 1. The summed E-state index contributed by atoms with van der Waals surface area (Å²) >= 11 is 0. The molecule has 1 saturated carbocycles. The number of carbonyl (C=O) groups is 3. The fourth-order valence-electron chi connectivity index (χ4n) is 3.95. The van der Waals surface area contributed by atoms with Gasteiger partial charge in [0.1, 0.15) is 6.04 Å². The quantitative estimate of drug-likeness (QED) is 0.699. The van der Waals surface area contributed by atoms with E-state index in [1.54, 1.807) is 30.8 Å². The van der Waals surface area contributed by atoms with Crippen LogP contribution in [0.15, 0.2) is 12.3 Å². The lowest BCUT2D eigenvalue weighted by atomic mass is 9.97. The van der Waals surface area contributed by atoms with Crippen molar-refractivity contribution in [1.82, 2.24) is 14.7 Å². The van der Waals surface area contributed by atoms with Crippen LogP contribution in [0.5, 0.6) is 0 Å². The van der Waals surface area contributed by atoms with Crippen molar-refractivity contribution >= 4 is 23.4 Å². The maximum atomic E-state index is 12.9. The van der Waals surface area contributed by atoms with E-state index < -0.39 is 11.6 Å². The van der Waals surface area contributed by atoms with E-state index in [1.165, 1.54) is 4.90 Å². The second kappa shape index (κ2) is 7.80. The number of nitrogens with one attached hydrogen (secondary N) is 1. The summed E-state index contributed by atoms with van der Waals surface area (Å²) in [6, 6.07) is 1.01. The van der Waals surface area contributed by atoms with Crippen LogP contribution in [0.4, 0.5) is 5.82 Å². The standard InChI is InChI=1S/C19H28N4O4/c1-19(2,27)12-22-8-7-16(21-22)20-18(26)15(9-13-5-3-4-6-13)23-11-14(24)10-17(23)25/h7-8,13,15,27H,3-6,9-12H2,1-2H3,(H,20,21,26). The first kappa shape index (κ1) is 19.5. The van der Waals surface area contributed by atoms with Gasteiger partial charge in [-0.15, -0.1) is 0 Å². The van der Waals surface area contributed by atoms with Crippen molar-refractivity contribution in [3.05, 3.63) is 12.3 Å². The molecule has 2 heterocycles. The topological polar surface area (TPSA) is 105 Å². The lowest BCUT2D eigenvalue weighted by Gasteiger charge is -2.28. The fraction of sp³-hybridized carbons (Fsp3) is 0.684. The number of aliphatic hydroxyl groups is 1. The number of aromatic nitrogens is 2. The van der Waals surface area contributed by atoms with Crippen LogP contribution in [0, 0.1) is 5.92 Å². The Balaban J connectivity index is 1.70. The highest BCUT2D eigenvalue weighted by Gasteiger charge is 2.38. The first-order chi connectivity index (χ1) is 12.7. The number of hydrogen-bond acceptors (Lipinski definition) is 5. The average Bonchev–Trinajstić information content (AvgIpc) is 3.26. The average molecular weight is 376 g/mol. The monoisotopic (exact) mass is 376 g/mol. The highest BCUT2D eigenvalue weighted by molar-refractivity contribution is 6.08. The largest absolute Gasteiger partial charge is 0.389 e. The van der Waals surface area contributed by atoms with Gasteiger partial charge in [-0.05, 0) is 26.2 Å². The molecular weight excluding hydrogens is 348 g/mol. The van der Waals surface area contributed by atoms with Crippen molar-refractivity contribution in [2.75, 3.05) is 11.9 Å². The lowest BCUT2D eigenvalue weighted by molar-refractivity contribution is -0.135. The van der Waals surface area contributed by atoms with Gasteiger partial charge in [0.25, 0.3) is 0 Å². The van der Waals surface area contributed by atoms with E-state index in [9.17, 15) is 19.5 Å². The molecule has 3 rings (SSSR count). The summed E-state index contributed by atoms with van der Waals surface area (Å²) in [6.45, 7) is 3.67. The predicted octanol–water partition coefficient (Wildman–Crippen LogP) is 1.34. The molecule has 27 heavy (non-hydrogen) atoms. The molecule has 1 aromatic rings. The summed E-state index contributed by atoms with van der Waals surface area (Å²) in [5.41, 5.74) is -0.916. The number of nitrogens with zero attached hydrogens (tertiary/aromatic N) is 3. The molecule has 2 fully saturated rings. The van der Waals surface area contributed by atoms with E-state index in [1.807, 2.05) is 0 Å². The summed E-state index contributed by atoms with van der Waals surface area (Å²) in [5, 5.41) is 16.9. The zero-order valence-electron chi connectivity index (χ0n) is 16.0. The van der Waals surface area contributed by atoms with Gasteiger partial charge >= 0.3 is 0 Å². The van der Waals surface area contributed by atoms with Crippen LogP contribution in [0.1, 0.15) is 52.4 Å². The van der Waals surface area contributed by atoms with E-state index in [0.29, 0.717) is 24.7 Å². The maximum Gasteiger partial charge on any atom is 0.248 e. The van der Waals surface area contributed by atoms with E-state index >= 15 is 0 Å². The predicted molar refractivity (Wildman–Crippen MR) is 98.9 cm³/mol. The lowest BCUT2D eigenvalue weighted by Crippen LogP contribution is -2.46. The Kier molecular flexibility index (Phi) is 5.64. The Labute approximate surface area is 158 Å². The minimum absolute atomic E-state index is 0.0107. The van der Waals surface area contributed by atoms with Crippen molar-refractivity contribution in [2.24, 2.45) is 5.92 Å². The van der Waals surface area contributed by atoms with Crippen LogP contribution in [-0.4, -0.2) is 55.6 Å². The Bertz CT molecular complexity index is 716. The zero-order valence-corrected chi connectivity index (χ0v) is 16.0. The van der Waals surface area contributed by atoms with Crippen molar-refractivity contribution in [2.45, 2.75) is 70.6 Å². The summed E-state index contributed by atoms with van der Waals surface area (Å²) < 4.78 is 1.56. The number of Topliss-reactive ketones (excluding diaryl/α,β-unsaturated/α-hetero) is 1. The Morgan fingerprint density at radius 1 is 1.37 bits per heavy atom. The molecule has 2 N–H and O–H groups in total. The van der Waals surface area contributed by atoms with Crippen LogP contribution < -0.4 is 5.32 Å². The molecule has 1 atom stereocenters. The second-order valence-electron chi connectivity index (χ2n) is 8.34. The van der Waals surface area contributed by atoms with E-state index in [4.69, 9.17) is 0 Å². The SMILES string of the molecule is CC(C)(O)Cn1ccc(NC(=O)C(CC2CCCC2)N2CC(=O)CC2=O)n1. The first-order valence-electron chi connectivity index (χ1n) is 9.59. The van der Waals surface area contributed by atoms with Gasteiger partial charge in [0, 0.05) is 12.3 Å². The normalized spacial score (nSPS) is 19.7. The van der Waals surface area contributed by atoms with Gasteiger partial charge in [-0.25, -0.2) is 0 Å². The molecule has 0 bridgehead atoms. The highest BCUT2D eigenvalue weighted by Crippen LogP contribution is 2.31. The van der Waals surface area contributed by atoms with Crippen molar-refractivity contribution in [1.29, 1.82) is 0 Å². The van der Waals surface area contributed by atoms with Gasteiger partial charge in [0.15, 0.2) is 11.6 Å². The molecule has 1 saturated heterocycles. The van der Waals surface area contributed by atoms with Crippen molar-refractivity contribution < 1.29 is 19.5 Å². The van der Waals surface area contributed by atoms with Crippen LogP contribution in [0.2, 0.25) is 0 Å². The summed E-state index contributed by atoms with van der Waals surface area (Å²) in [6.07, 6.45) is 6.55. The minimum Gasteiger partial charge on any atom is -0.389 e. The van der Waals surface area contributed by atoms with Gasteiger partial charge in [-0.2, -0.15) is 5.10 Å². The summed E-state index contributed by atoms with van der Waals surface area (Å²) in [5.74, 6) is 0.0542. The van der Waals surface area contributed by atoms with Gasteiger partial charge in [-0.1, -0.05) is 25.7 Å². The van der Waals surface area contributed by atoms with Crippen molar-refractivity contribution in [3.8, 4) is 0 Å². The van der Waals surface area contributed by atoms with E-state index in [-0.39, 0.29) is 30.6 Å². The number of amides is 2. The third-order valence-electron chi connectivity index (χ3n) is 5.17. The summed E-state index contributed by atoms with van der Waals surface area (Å²) in [7, 11) is 0. The molecule has 1 aliphatic carbocycles. The Morgan fingerprint density at radius 3 is 2.67 bits per heavy atom. The van der Waals surface area contributed by atoms with Gasteiger partial charge in [0.05, 0.1) is 25.1 Å². The molecule has 1 aliphatic heterocycles. The third-order valence-corrected chi connectivity index (χ3v) is 5.17. The molecule has 148 valence electrons. The molecule has 0 spiro atoms. The van der Waals surface area contributed by atoms with Crippen LogP contribution in [-0.2, 0) is 20.9 Å². The minimum atomic E-state index is -0.916. The van der Waals surface area contributed by atoms with Crippen LogP contribution >= 0.6 is 0 Å². The summed E-state index contributed by atoms with van der Waals surface area (Å²) in [4.78, 5) is 38.2. The molecule has 0 aromatic carbocycles. The Morgan fingerprint density at radius 2 is 2.07 bits per heavy atom. The number of rotatable bonds is 7. The second-order valence-corrected chi connectivity index (χ2v) is 8.34. The number of ketones is 1. The molecule has 2 amide bonds. The molecule has 1 aromatic heterocycles. The number of carbonyl (C=O) groups excluding carboxylic acids is 3. The smallest absolute Gasteiger partial charge is 0.248 e.